The van der Waals surface area contributed by atoms with Gasteiger partial charge in [0.1, 0.15) is 5.60 Å². The zero-order valence-corrected chi connectivity index (χ0v) is 16.1. The summed E-state index contributed by atoms with van der Waals surface area (Å²) in [6.45, 7) is 5.76. The zero-order valence-electron chi connectivity index (χ0n) is 16.1. The molecule has 3 N–H and O–H groups in total. The molecule has 6 nitrogen and oxygen atoms in total. The van der Waals surface area contributed by atoms with Crippen LogP contribution in [-0.4, -0.2) is 54.6 Å². The van der Waals surface area contributed by atoms with Crippen molar-refractivity contribution in [3.8, 4) is 0 Å². The first-order valence-corrected chi connectivity index (χ1v) is 10.1. The predicted molar refractivity (Wildman–Crippen MR) is 106 cm³/mol. The largest absolute Gasteiger partial charge is 0.383 e. The standard InChI is InChI=1S/C21H30N4O2/c1-2-22-19(25-11-5-9-20(15-25)12-18(26)23-13-20)24-14-21(27)10-8-16-6-3-4-7-17(16)21/h3-4,6-7,27H,2,5,8-15H2,1H3,(H,22,24)(H,23,26). The van der Waals surface area contributed by atoms with E-state index in [9.17, 15) is 9.90 Å². The van der Waals surface area contributed by atoms with Crippen LogP contribution in [0.1, 0.15) is 43.7 Å². The summed E-state index contributed by atoms with van der Waals surface area (Å²) in [6.07, 6.45) is 4.38. The molecule has 0 radical (unpaired) electrons. The molecule has 2 unspecified atom stereocenters. The van der Waals surface area contributed by atoms with E-state index in [0.29, 0.717) is 13.0 Å². The second kappa shape index (κ2) is 7.15. The zero-order chi connectivity index (χ0) is 18.9. The van der Waals surface area contributed by atoms with E-state index < -0.39 is 5.60 Å². The topological polar surface area (TPSA) is 77.0 Å². The normalized spacial score (nSPS) is 30.5. The van der Waals surface area contributed by atoms with Gasteiger partial charge in [0.25, 0.3) is 0 Å². The number of rotatable bonds is 3. The number of aliphatic hydroxyl groups is 1. The van der Waals surface area contributed by atoms with Crippen LogP contribution in [0.25, 0.3) is 0 Å². The van der Waals surface area contributed by atoms with Crippen LogP contribution in [0.5, 0.6) is 0 Å². The fourth-order valence-electron chi connectivity index (χ4n) is 4.89. The van der Waals surface area contributed by atoms with Gasteiger partial charge in [0.15, 0.2) is 5.96 Å². The average molecular weight is 370 g/mol. The summed E-state index contributed by atoms with van der Waals surface area (Å²) in [6, 6.07) is 8.14. The van der Waals surface area contributed by atoms with Crippen molar-refractivity contribution in [2.24, 2.45) is 10.4 Å². The summed E-state index contributed by atoms with van der Waals surface area (Å²) in [5.41, 5.74) is 1.40. The molecule has 2 aliphatic heterocycles. The number of hydrogen-bond donors (Lipinski definition) is 3. The van der Waals surface area contributed by atoms with E-state index in [1.807, 2.05) is 18.2 Å². The van der Waals surface area contributed by atoms with E-state index >= 15 is 0 Å². The Balaban J connectivity index is 1.52. The molecule has 1 aromatic rings. The molecule has 0 aromatic heterocycles. The Hall–Kier alpha value is -2.08. The van der Waals surface area contributed by atoms with Crippen LogP contribution in [0, 0.1) is 5.41 Å². The number of hydrogen-bond acceptors (Lipinski definition) is 3. The predicted octanol–water partition coefficient (Wildman–Crippen LogP) is 1.39. The number of carbonyl (C=O) groups is 1. The molecule has 146 valence electrons. The lowest BCUT2D eigenvalue weighted by atomic mass is 9.79. The van der Waals surface area contributed by atoms with E-state index in [1.165, 1.54) is 5.56 Å². The van der Waals surface area contributed by atoms with Gasteiger partial charge in [0.2, 0.25) is 5.91 Å². The molecule has 4 rings (SSSR count). The molecule has 0 bridgehead atoms. The summed E-state index contributed by atoms with van der Waals surface area (Å²) >= 11 is 0. The van der Waals surface area contributed by atoms with Crippen LogP contribution in [-0.2, 0) is 16.8 Å². The number of nitrogens with one attached hydrogen (secondary N) is 2. The van der Waals surface area contributed by atoms with E-state index in [4.69, 9.17) is 4.99 Å². The number of aliphatic imine (C=N–C) groups is 1. The summed E-state index contributed by atoms with van der Waals surface area (Å²) < 4.78 is 0. The van der Waals surface area contributed by atoms with Crippen LogP contribution in [0.2, 0.25) is 0 Å². The van der Waals surface area contributed by atoms with Crippen LogP contribution in [0.4, 0.5) is 0 Å². The Bertz CT molecular complexity index is 749. The molecule has 1 amide bonds. The average Bonchev–Trinajstić information content (AvgIpc) is 3.20. The number of piperidine rings is 1. The number of likely N-dealkylation sites (tertiary alicyclic amines) is 1. The first-order valence-electron chi connectivity index (χ1n) is 10.1. The molecule has 1 spiro atoms. The van der Waals surface area contributed by atoms with Gasteiger partial charge in [-0.3, -0.25) is 4.79 Å². The minimum absolute atomic E-state index is 0.0301. The smallest absolute Gasteiger partial charge is 0.220 e. The number of nitrogens with zero attached hydrogens (tertiary/aromatic N) is 2. The van der Waals surface area contributed by atoms with Crippen LogP contribution in [0.15, 0.2) is 29.3 Å². The molecule has 0 saturated carbocycles. The molecule has 1 aromatic carbocycles. The lowest BCUT2D eigenvalue weighted by molar-refractivity contribution is -0.119. The number of fused-ring (bicyclic) bond motifs is 1. The molecule has 6 heteroatoms. The van der Waals surface area contributed by atoms with E-state index in [1.54, 1.807) is 0 Å². The van der Waals surface area contributed by atoms with Gasteiger partial charge >= 0.3 is 0 Å². The second-order valence-electron chi connectivity index (χ2n) is 8.34. The third kappa shape index (κ3) is 3.55. The molecular formula is C21H30N4O2. The van der Waals surface area contributed by atoms with Gasteiger partial charge in [0, 0.05) is 38.0 Å². The summed E-state index contributed by atoms with van der Waals surface area (Å²) in [7, 11) is 0. The molecule has 3 aliphatic rings. The van der Waals surface area contributed by atoms with Crippen molar-refractivity contribution in [1.29, 1.82) is 0 Å². The Morgan fingerprint density at radius 1 is 1.37 bits per heavy atom. The molecule has 2 atom stereocenters. The molecule has 1 aliphatic carbocycles. The maximum atomic E-state index is 11.8. The Morgan fingerprint density at radius 3 is 3.00 bits per heavy atom. The maximum Gasteiger partial charge on any atom is 0.220 e. The summed E-state index contributed by atoms with van der Waals surface area (Å²) in [4.78, 5) is 18.9. The SMILES string of the molecule is CCNC(=NCC1(O)CCc2ccccc21)N1CCCC2(CNC(=O)C2)C1. The minimum atomic E-state index is -0.879. The summed E-state index contributed by atoms with van der Waals surface area (Å²) in [5.74, 6) is 1.02. The minimum Gasteiger partial charge on any atom is -0.383 e. The highest BCUT2D eigenvalue weighted by Gasteiger charge is 2.42. The lowest BCUT2D eigenvalue weighted by Crippen LogP contribution is -2.51. The highest BCUT2D eigenvalue weighted by atomic mass is 16.3. The van der Waals surface area contributed by atoms with Crippen molar-refractivity contribution < 1.29 is 9.90 Å². The monoisotopic (exact) mass is 370 g/mol. The highest BCUT2D eigenvalue weighted by molar-refractivity contribution is 5.82. The maximum absolute atomic E-state index is 11.8. The molecule has 2 fully saturated rings. The van der Waals surface area contributed by atoms with Gasteiger partial charge in [-0.15, -0.1) is 0 Å². The van der Waals surface area contributed by atoms with Crippen LogP contribution >= 0.6 is 0 Å². The van der Waals surface area contributed by atoms with Crippen LogP contribution < -0.4 is 10.6 Å². The van der Waals surface area contributed by atoms with Gasteiger partial charge < -0.3 is 20.6 Å². The van der Waals surface area contributed by atoms with Crippen molar-refractivity contribution in [1.82, 2.24) is 15.5 Å². The molecule has 2 saturated heterocycles. The number of guanidine groups is 1. The number of aryl methyl sites for hydroxylation is 1. The van der Waals surface area contributed by atoms with E-state index in [0.717, 1.165) is 63.4 Å². The lowest BCUT2D eigenvalue weighted by Gasteiger charge is -2.41. The van der Waals surface area contributed by atoms with Gasteiger partial charge in [-0.25, -0.2) is 4.99 Å². The third-order valence-electron chi connectivity index (χ3n) is 6.31. The van der Waals surface area contributed by atoms with E-state index in [2.05, 4.69) is 28.5 Å². The molecule has 27 heavy (non-hydrogen) atoms. The quantitative estimate of drug-likeness (QED) is 0.555. The van der Waals surface area contributed by atoms with E-state index in [-0.39, 0.29) is 11.3 Å². The van der Waals surface area contributed by atoms with Crippen molar-refractivity contribution in [2.45, 2.75) is 44.6 Å². The fourth-order valence-corrected chi connectivity index (χ4v) is 4.89. The van der Waals surface area contributed by atoms with Crippen molar-refractivity contribution in [3.05, 3.63) is 35.4 Å². The molecule has 2 heterocycles. The van der Waals surface area contributed by atoms with Crippen molar-refractivity contribution in [3.63, 3.8) is 0 Å². The third-order valence-corrected chi connectivity index (χ3v) is 6.31. The number of amides is 1. The van der Waals surface area contributed by atoms with Crippen molar-refractivity contribution >= 4 is 11.9 Å². The summed E-state index contributed by atoms with van der Waals surface area (Å²) in [5, 5.41) is 17.6. The Morgan fingerprint density at radius 2 is 2.22 bits per heavy atom. The number of carbonyl (C=O) groups excluding carboxylic acids is 1. The Kier molecular flexibility index (Phi) is 4.84. The fraction of sp³-hybridized carbons (Fsp3) is 0.619. The van der Waals surface area contributed by atoms with Crippen LogP contribution in [0.3, 0.4) is 0 Å². The van der Waals surface area contributed by atoms with Gasteiger partial charge in [0.05, 0.1) is 6.54 Å². The Labute approximate surface area is 161 Å². The van der Waals surface area contributed by atoms with Crippen molar-refractivity contribution in [2.75, 3.05) is 32.7 Å². The number of benzene rings is 1. The first-order chi connectivity index (χ1) is 13.0. The highest BCUT2D eigenvalue weighted by Crippen LogP contribution is 2.38. The molecular weight excluding hydrogens is 340 g/mol. The first kappa shape index (κ1) is 18.3. The van der Waals surface area contributed by atoms with Gasteiger partial charge in [-0.1, -0.05) is 24.3 Å². The van der Waals surface area contributed by atoms with Gasteiger partial charge in [-0.05, 0) is 43.7 Å². The second-order valence-corrected chi connectivity index (χ2v) is 8.34. The van der Waals surface area contributed by atoms with Gasteiger partial charge in [-0.2, -0.15) is 0 Å².